The third-order valence-corrected chi connectivity index (χ3v) is 1.89. The van der Waals surface area contributed by atoms with Crippen molar-refractivity contribution in [1.82, 2.24) is 0 Å². The Kier molecular flexibility index (Phi) is 4.92. The molecule has 13 heavy (non-hydrogen) atoms. The summed E-state index contributed by atoms with van der Waals surface area (Å²) in [5.41, 5.74) is 0. The highest BCUT2D eigenvalue weighted by Gasteiger charge is 1.87. The fourth-order valence-electron chi connectivity index (χ4n) is 1.17. The molecule has 0 unspecified atom stereocenters. The summed E-state index contributed by atoms with van der Waals surface area (Å²) in [6, 6.07) is 7.94. The van der Waals surface area contributed by atoms with Crippen molar-refractivity contribution in [1.29, 1.82) is 0 Å². The SMILES string of the molecule is C1=CCCCC1.Fc1ccccc1. The van der Waals surface area contributed by atoms with Crippen molar-refractivity contribution in [2.24, 2.45) is 0 Å². The van der Waals surface area contributed by atoms with Crippen LogP contribution in [0, 0.1) is 5.82 Å². The minimum Gasteiger partial charge on any atom is -0.207 e. The van der Waals surface area contributed by atoms with E-state index in [4.69, 9.17) is 0 Å². The minimum absolute atomic E-state index is 0.178. The molecule has 1 aliphatic carbocycles. The molecule has 0 heterocycles. The van der Waals surface area contributed by atoms with E-state index in [2.05, 4.69) is 12.2 Å². The van der Waals surface area contributed by atoms with E-state index >= 15 is 0 Å². The Morgan fingerprint density at radius 1 is 0.846 bits per heavy atom. The molecule has 0 radical (unpaired) electrons. The summed E-state index contributed by atoms with van der Waals surface area (Å²) in [6.45, 7) is 0. The van der Waals surface area contributed by atoms with Gasteiger partial charge in [-0.2, -0.15) is 0 Å². The molecule has 2 rings (SSSR count). The molecule has 1 aliphatic rings. The van der Waals surface area contributed by atoms with Gasteiger partial charge >= 0.3 is 0 Å². The lowest BCUT2D eigenvalue weighted by Gasteiger charge is -1.97. The standard InChI is InChI=1S/C6H5F.C6H10/c7-6-4-2-1-3-5-6;1-2-4-6-5-3-1/h1-5H;1-2H,3-6H2. The molecule has 0 aromatic heterocycles. The molecule has 0 saturated heterocycles. The van der Waals surface area contributed by atoms with Crippen molar-refractivity contribution in [2.75, 3.05) is 0 Å². The molecule has 0 N–H and O–H groups in total. The van der Waals surface area contributed by atoms with Gasteiger partial charge in [0.05, 0.1) is 0 Å². The molecule has 1 aromatic rings. The van der Waals surface area contributed by atoms with Gasteiger partial charge in [0.2, 0.25) is 0 Å². The Morgan fingerprint density at radius 2 is 1.38 bits per heavy atom. The van der Waals surface area contributed by atoms with Crippen molar-refractivity contribution in [3.05, 3.63) is 48.3 Å². The van der Waals surface area contributed by atoms with Gasteiger partial charge in [-0.25, -0.2) is 4.39 Å². The first-order valence-electron chi connectivity index (χ1n) is 4.75. The zero-order chi connectivity index (χ0) is 9.36. The summed E-state index contributed by atoms with van der Waals surface area (Å²) in [7, 11) is 0. The van der Waals surface area contributed by atoms with Crippen LogP contribution in [0.5, 0.6) is 0 Å². The monoisotopic (exact) mass is 178 g/mol. The summed E-state index contributed by atoms with van der Waals surface area (Å²) in [5.74, 6) is -0.178. The van der Waals surface area contributed by atoms with Gasteiger partial charge in [0.25, 0.3) is 0 Å². The lowest BCUT2D eigenvalue weighted by atomic mass is 10.1. The van der Waals surface area contributed by atoms with E-state index in [1.165, 1.54) is 37.8 Å². The fraction of sp³-hybridized carbons (Fsp3) is 0.333. The van der Waals surface area contributed by atoms with Gasteiger partial charge in [0.15, 0.2) is 0 Å². The molecule has 0 bridgehead atoms. The Balaban J connectivity index is 0.000000132. The molecule has 0 fully saturated rings. The van der Waals surface area contributed by atoms with Gasteiger partial charge in [-0.3, -0.25) is 0 Å². The Morgan fingerprint density at radius 3 is 1.62 bits per heavy atom. The smallest absolute Gasteiger partial charge is 0.123 e. The van der Waals surface area contributed by atoms with Crippen LogP contribution < -0.4 is 0 Å². The van der Waals surface area contributed by atoms with E-state index < -0.39 is 0 Å². The van der Waals surface area contributed by atoms with E-state index in [0.29, 0.717) is 0 Å². The van der Waals surface area contributed by atoms with Crippen LogP contribution in [0.25, 0.3) is 0 Å². The first kappa shape index (κ1) is 9.97. The maximum Gasteiger partial charge on any atom is 0.123 e. The van der Waals surface area contributed by atoms with Gasteiger partial charge in [-0.15, -0.1) is 0 Å². The van der Waals surface area contributed by atoms with E-state index in [0.717, 1.165) is 0 Å². The van der Waals surface area contributed by atoms with Gasteiger partial charge < -0.3 is 0 Å². The summed E-state index contributed by atoms with van der Waals surface area (Å²) in [4.78, 5) is 0. The van der Waals surface area contributed by atoms with Crippen LogP contribution in [0.3, 0.4) is 0 Å². The predicted molar refractivity (Wildman–Crippen MR) is 54.0 cm³/mol. The van der Waals surface area contributed by atoms with Crippen LogP contribution in [-0.2, 0) is 0 Å². The molecule has 0 atom stereocenters. The molecule has 1 aromatic carbocycles. The topological polar surface area (TPSA) is 0 Å². The second-order valence-electron chi connectivity index (χ2n) is 3.05. The Bertz CT molecular complexity index is 231. The first-order valence-corrected chi connectivity index (χ1v) is 4.75. The van der Waals surface area contributed by atoms with Crippen molar-refractivity contribution in [2.45, 2.75) is 25.7 Å². The highest BCUT2D eigenvalue weighted by Crippen LogP contribution is 2.07. The minimum atomic E-state index is -0.178. The van der Waals surface area contributed by atoms with Gasteiger partial charge in [0, 0.05) is 0 Å². The molecule has 0 saturated carbocycles. The highest BCUT2D eigenvalue weighted by atomic mass is 19.1. The molecular formula is C12H15F. The number of benzene rings is 1. The summed E-state index contributed by atoms with van der Waals surface area (Å²) >= 11 is 0. The van der Waals surface area contributed by atoms with E-state index in [1.807, 2.05) is 0 Å². The van der Waals surface area contributed by atoms with Crippen LogP contribution in [0.15, 0.2) is 42.5 Å². The van der Waals surface area contributed by atoms with Crippen molar-refractivity contribution in [3.63, 3.8) is 0 Å². The summed E-state index contributed by atoms with van der Waals surface area (Å²) in [5, 5.41) is 0. The normalized spacial score (nSPS) is 14.5. The second-order valence-corrected chi connectivity index (χ2v) is 3.05. The van der Waals surface area contributed by atoms with Gasteiger partial charge in [-0.1, -0.05) is 30.4 Å². The van der Waals surface area contributed by atoms with Crippen LogP contribution in [0.4, 0.5) is 4.39 Å². The van der Waals surface area contributed by atoms with Gasteiger partial charge in [-0.05, 0) is 37.8 Å². The highest BCUT2D eigenvalue weighted by molar-refractivity contribution is 5.02. The molecule has 0 spiro atoms. The largest absolute Gasteiger partial charge is 0.207 e. The Hall–Kier alpha value is -1.11. The number of allylic oxidation sites excluding steroid dienone is 2. The van der Waals surface area contributed by atoms with E-state index in [1.54, 1.807) is 18.2 Å². The third kappa shape index (κ3) is 5.18. The average molecular weight is 178 g/mol. The zero-order valence-corrected chi connectivity index (χ0v) is 7.75. The van der Waals surface area contributed by atoms with Crippen molar-refractivity contribution < 1.29 is 4.39 Å². The van der Waals surface area contributed by atoms with Crippen molar-refractivity contribution >= 4 is 0 Å². The molecule has 0 amide bonds. The molecule has 0 nitrogen and oxygen atoms in total. The van der Waals surface area contributed by atoms with E-state index in [9.17, 15) is 4.39 Å². The zero-order valence-electron chi connectivity index (χ0n) is 7.75. The predicted octanol–water partition coefficient (Wildman–Crippen LogP) is 3.94. The summed E-state index contributed by atoms with van der Waals surface area (Å²) in [6.07, 6.45) is 10.0. The van der Waals surface area contributed by atoms with E-state index in [-0.39, 0.29) is 5.82 Å². The summed E-state index contributed by atoms with van der Waals surface area (Å²) < 4.78 is 11.9. The molecular weight excluding hydrogens is 163 g/mol. The van der Waals surface area contributed by atoms with Crippen LogP contribution in [0.2, 0.25) is 0 Å². The molecule has 1 heteroatoms. The van der Waals surface area contributed by atoms with Crippen molar-refractivity contribution in [3.8, 4) is 0 Å². The lowest BCUT2D eigenvalue weighted by Crippen LogP contribution is -1.77. The fourth-order valence-corrected chi connectivity index (χ4v) is 1.17. The number of hydrogen-bond donors (Lipinski definition) is 0. The molecule has 0 aliphatic heterocycles. The van der Waals surface area contributed by atoms with Crippen LogP contribution in [-0.4, -0.2) is 0 Å². The second kappa shape index (κ2) is 6.41. The maximum atomic E-state index is 11.9. The Labute approximate surface area is 79.1 Å². The quantitative estimate of drug-likeness (QED) is 0.528. The number of rotatable bonds is 0. The van der Waals surface area contributed by atoms with Crippen LogP contribution in [0.1, 0.15) is 25.7 Å². The van der Waals surface area contributed by atoms with Crippen LogP contribution >= 0.6 is 0 Å². The van der Waals surface area contributed by atoms with Gasteiger partial charge in [0.1, 0.15) is 5.82 Å². The maximum absolute atomic E-state index is 11.9. The molecule has 70 valence electrons. The number of halogens is 1. The first-order chi connectivity index (χ1) is 6.39. The average Bonchev–Trinajstić information content (AvgIpc) is 2.22. The lowest BCUT2D eigenvalue weighted by molar-refractivity contribution is 0.628. The third-order valence-electron chi connectivity index (χ3n) is 1.89. The number of hydrogen-bond acceptors (Lipinski definition) is 0.